The average Bonchev–Trinajstić information content (AvgIpc) is 3.13. The van der Waals surface area contributed by atoms with Gasteiger partial charge in [0.15, 0.2) is 11.8 Å². The lowest BCUT2D eigenvalue weighted by atomic mass is 10.1. The molecule has 2 heterocycles. The maximum absolute atomic E-state index is 13.0. The van der Waals surface area contributed by atoms with Crippen LogP contribution < -0.4 is 5.32 Å². The van der Waals surface area contributed by atoms with Crippen LogP contribution in [-0.2, 0) is 9.53 Å². The molecule has 0 radical (unpaired) electrons. The van der Waals surface area contributed by atoms with Crippen LogP contribution in [0.1, 0.15) is 73.8 Å². The molecule has 7 nitrogen and oxygen atoms in total. The first-order valence-corrected chi connectivity index (χ1v) is 10.6. The van der Waals surface area contributed by atoms with E-state index in [4.69, 9.17) is 9.72 Å². The second kappa shape index (κ2) is 8.88. The van der Waals surface area contributed by atoms with Gasteiger partial charge in [-0.1, -0.05) is 31.5 Å². The summed E-state index contributed by atoms with van der Waals surface area (Å²) < 4.78 is 7.32. The van der Waals surface area contributed by atoms with Gasteiger partial charge >= 0.3 is 5.97 Å². The Balaban J connectivity index is 1.85. The van der Waals surface area contributed by atoms with Crippen LogP contribution in [0.5, 0.6) is 0 Å². The number of pyridine rings is 1. The number of anilines is 1. The first-order valence-electron chi connectivity index (χ1n) is 10.6. The molecule has 3 rings (SSSR count). The molecular weight excluding hydrogens is 392 g/mol. The molecule has 1 N–H and O–H groups in total. The zero-order chi connectivity index (χ0) is 22.9. The highest BCUT2D eigenvalue weighted by molar-refractivity contribution is 6.04. The highest BCUT2D eigenvalue weighted by Crippen LogP contribution is 2.25. The number of ether oxygens (including phenoxy) is 1. The second-order valence-electron chi connectivity index (χ2n) is 8.52. The second-order valence-corrected chi connectivity index (χ2v) is 8.52. The molecule has 0 bridgehead atoms. The molecule has 0 saturated carbocycles. The number of carbonyl (C=O) groups excluding carboxylic acids is 2. The summed E-state index contributed by atoms with van der Waals surface area (Å²) in [5.74, 6) is -0.829. The van der Waals surface area contributed by atoms with Crippen molar-refractivity contribution in [2.24, 2.45) is 0 Å². The van der Waals surface area contributed by atoms with Gasteiger partial charge in [-0.2, -0.15) is 5.10 Å². The van der Waals surface area contributed by atoms with Gasteiger partial charge < -0.3 is 10.1 Å². The number of nitrogens with zero attached hydrogens (tertiary/aromatic N) is 3. The van der Waals surface area contributed by atoms with Crippen molar-refractivity contribution in [1.29, 1.82) is 0 Å². The lowest BCUT2D eigenvalue weighted by Crippen LogP contribution is -2.30. The minimum Gasteiger partial charge on any atom is -0.449 e. The summed E-state index contributed by atoms with van der Waals surface area (Å²) in [6.45, 7) is 13.5. The lowest BCUT2D eigenvalue weighted by molar-refractivity contribution is -0.123. The molecule has 1 amide bonds. The monoisotopic (exact) mass is 422 g/mol. The molecule has 31 heavy (non-hydrogen) atoms. The van der Waals surface area contributed by atoms with Crippen LogP contribution in [0.25, 0.3) is 11.0 Å². The fourth-order valence-electron chi connectivity index (χ4n) is 3.35. The Hall–Kier alpha value is -3.22. The molecule has 2 aromatic heterocycles. The van der Waals surface area contributed by atoms with Gasteiger partial charge in [0, 0.05) is 17.4 Å². The zero-order valence-electron chi connectivity index (χ0n) is 19.2. The molecule has 0 saturated heterocycles. The van der Waals surface area contributed by atoms with Gasteiger partial charge in [0.25, 0.3) is 5.91 Å². The van der Waals surface area contributed by atoms with Gasteiger partial charge in [-0.05, 0) is 58.2 Å². The van der Waals surface area contributed by atoms with Crippen molar-refractivity contribution >= 4 is 28.6 Å². The van der Waals surface area contributed by atoms with Crippen LogP contribution in [0.15, 0.2) is 30.5 Å². The number of fused-ring (bicyclic) bond motifs is 1. The molecule has 1 atom stereocenters. The molecule has 0 aliphatic rings. The van der Waals surface area contributed by atoms with Crippen molar-refractivity contribution in [3.8, 4) is 0 Å². The largest absolute Gasteiger partial charge is 0.449 e. The molecule has 7 heteroatoms. The third-order valence-corrected chi connectivity index (χ3v) is 5.18. The van der Waals surface area contributed by atoms with Crippen LogP contribution in [0.2, 0.25) is 0 Å². The fourth-order valence-corrected chi connectivity index (χ4v) is 3.35. The van der Waals surface area contributed by atoms with Crippen LogP contribution >= 0.6 is 0 Å². The Morgan fingerprint density at radius 3 is 2.39 bits per heavy atom. The number of amides is 1. The van der Waals surface area contributed by atoms with Gasteiger partial charge in [0.05, 0.1) is 17.1 Å². The van der Waals surface area contributed by atoms with Gasteiger partial charge in [0.2, 0.25) is 0 Å². The topological polar surface area (TPSA) is 86.1 Å². The van der Waals surface area contributed by atoms with Crippen LogP contribution in [0.3, 0.4) is 0 Å². The van der Waals surface area contributed by atoms with Gasteiger partial charge in [-0.25, -0.2) is 14.5 Å². The number of carbonyl (C=O) groups is 2. The van der Waals surface area contributed by atoms with Crippen molar-refractivity contribution in [3.05, 3.63) is 52.8 Å². The molecule has 0 aliphatic carbocycles. The molecule has 0 fully saturated rings. The highest BCUT2D eigenvalue weighted by Gasteiger charge is 2.24. The van der Waals surface area contributed by atoms with Crippen molar-refractivity contribution in [1.82, 2.24) is 14.8 Å². The Morgan fingerprint density at radius 2 is 1.77 bits per heavy atom. The number of hydrogen-bond donors (Lipinski definition) is 1. The van der Waals surface area contributed by atoms with E-state index in [0.717, 1.165) is 16.8 Å². The van der Waals surface area contributed by atoms with E-state index in [1.165, 1.54) is 0 Å². The van der Waals surface area contributed by atoms with E-state index >= 15 is 0 Å². The Bertz CT molecular complexity index is 1130. The Labute approximate surface area is 182 Å². The van der Waals surface area contributed by atoms with Gasteiger partial charge in [-0.3, -0.25) is 4.79 Å². The summed E-state index contributed by atoms with van der Waals surface area (Å²) in [7, 11) is 0. The maximum Gasteiger partial charge on any atom is 0.339 e. The first-order chi connectivity index (χ1) is 14.6. The number of nitrogens with one attached hydrogen (secondary N) is 1. The number of benzene rings is 1. The normalized spacial score (nSPS) is 12.4. The van der Waals surface area contributed by atoms with E-state index in [0.29, 0.717) is 22.3 Å². The summed E-state index contributed by atoms with van der Waals surface area (Å²) in [6.07, 6.45) is 0.669. The van der Waals surface area contributed by atoms with Crippen molar-refractivity contribution < 1.29 is 14.3 Å². The molecule has 164 valence electrons. The predicted octanol–water partition coefficient (Wildman–Crippen LogP) is 4.94. The smallest absolute Gasteiger partial charge is 0.339 e. The van der Waals surface area contributed by atoms with E-state index in [-0.39, 0.29) is 17.9 Å². The minimum atomic E-state index is -0.959. The Kier molecular flexibility index (Phi) is 6.43. The summed E-state index contributed by atoms with van der Waals surface area (Å²) in [5.41, 5.74) is 4.54. The van der Waals surface area contributed by atoms with E-state index in [1.807, 2.05) is 59.7 Å². The predicted molar refractivity (Wildman–Crippen MR) is 121 cm³/mol. The van der Waals surface area contributed by atoms with E-state index < -0.39 is 12.1 Å². The average molecular weight is 423 g/mol. The van der Waals surface area contributed by atoms with E-state index in [2.05, 4.69) is 10.4 Å². The third kappa shape index (κ3) is 4.76. The molecular formula is C24H30N4O3. The summed E-state index contributed by atoms with van der Waals surface area (Å²) in [5, 5.41) is 7.84. The van der Waals surface area contributed by atoms with Crippen LogP contribution in [0.4, 0.5) is 5.69 Å². The molecule has 0 aliphatic heterocycles. The quantitative estimate of drug-likeness (QED) is 0.569. The van der Waals surface area contributed by atoms with Crippen LogP contribution in [-0.4, -0.2) is 32.7 Å². The number of hydrogen-bond acceptors (Lipinski definition) is 5. The number of aryl methyl sites for hydroxylation is 2. The summed E-state index contributed by atoms with van der Waals surface area (Å²) >= 11 is 0. The van der Waals surface area contributed by atoms with Crippen molar-refractivity contribution in [2.75, 3.05) is 5.32 Å². The molecule has 1 aromatic carbocycles. The summed E-state index contributed by atoms with van der Waals surface area (Å²) in [4.78, 5) is 30.4. The third-order valence-electron chi connectivity index (χ3n) is 5.18. The summed E-state index contributed by atoms with van der Waals surface area (Å²) in [6, 6.07) is 7.58. The number of rotatable bonds is 6. The molecule has 0 unspecified atom stereocenters. The fraction of sp³-hybridized carbons (Fsp3) is 0.417. The molecule has 3 aromatic rings. The lowest BCUT2D eigenvalue weighted by Gasteiger charge is -2.16. The van der Waals surface area contributed by atoms with Crippen molar-refractivity contribution in [2.45, 2.75) is 66.5 Å². The highest BCUT2D eigenvalue weighted by atomic mass is 16.5. The Morgan fingerprint density at radius 1 is 1.06 bits per heavy atom. The van der Waals surface area contributed by atoms with E-state index in [1.54, 1.807) is 23.9 Å². The zero-order valence-corrected chi connectivity index (χ0v) is 19.2. The first kappa shape index (κ1) is 22.5. The minimum absolute atomic E-state index is 0.0960. The number of esters is 1. The maximum atomic E-state index is 13.0. The SMILES string of the molecule is Cc1ccc(NC(=O)[C@H](C)OC(=O)c2cc(C(C)C)nc3c2cnn3C(C)C)c(C)c1. The van der Waals surface area contributed by atoms with Crippen LogP contribution in [0, 0.1) is 13.8 Å². The van der Waals surface area contributed by atoms with Gasteiger partial charge in [-0.15, -0.1) is 0 Å². The van der Waals surface area contributed by atoms with Crippen molar-refractivity contribution in [3.63, 3.8) is 0 Å². The standard InChI is InChI=1S/C24H30N4O3/c1-13(2)21-11-18(19-12-25-28(14(3)4)22(19)26-21)24(30)31-17(7)23(29)27-20-9-8-15(5)10-16(20)6/h8-14,17H,1-7H3,(H,27,29)/t17-/m0/s1. The van der Waals surface area contributed by atoms with Gasteiger partial charge in [0.1, 0.15) is 0 Å². The van der Waals surface area contributed by atoms with E-state index in [9.17, 15) is 9.59 Å². The number of aromatic nitrogens is 3. The molecule has 0 spiro atoms.